The third-order valence-electron chi connectivity index (χ3n) is 17.3. The maximum atomic E-state index is 14.9. The van der Waals surface area contributed by atoms with Gasteiger partial charge in [-0.3, -0.25) is 59.7 Å². The Morgan fingerprint density at radius 2 is 1.51 bits per heavy atom. The molecule has 522 valence electrons. The van der Waals surface area contributed by atoms with E-state index in [9.17, 15) is 58.2 Å². The third kappa shape index (κ3) is 16.8. The summed E-state index contributed by atoms with van der Waals surface area (Å²) in [4.78, 5) is 163. The van der Waals surface area contributed by atoms with Crippen LogP contribution < -0.4 is 54.2 Å². The number of methoxy groups -OCH3 is 1. The normalized spacial score (nSPS) is 17.5. The highest BCUT2D eigenvalue weighted by atomic mass is 33.1. The second-order valence-corrected chi connectivity index (χ2v) is 26.6. The van der Waals surface area contributed by atoms with Gasteiger partial charge in [0.25, 0.3) is 11.8 Å². The monoisotopic (exact) mass is 1400 g/mol. The van der Waals surface area contributed by atoms with Crippen LogP contribution in [0.1, 0.15) is 171 Å². The first-order valence-electron chi connectivity index (χ1n) is 31.5. The molecule has 34 heteroatoms. The summed E-state index contributed by atoms with van der Waals surface area (Å²) < 4.78 is 10.4. The van der Waals surface area contributed by atoms with Crippen LogP contribution in [-0.4, -0.2) is 161 Å². The number of amides is 6. The molecule has 4 aliphatic rings. The van der Waals surface area contributed by atoms with Crippen molar-refractivity contribution >= 4 is 132 Å². The lowest BCUT2D eigenvalue weighted by Gasteiger charge is -2.21. The molecule has 3 aliphatic heterocycles. The first-order chi connectivity index (χ1) is 47.2. The number of H-pyrrole nitrogens is 2. The quantitative estimate of drug-likeness (QED) is 0.00637. The molecule has 7 heterocycles. The van der Waals surface area contributed by atoms with Gasteiger partial charge in [-0.15, -0.1) is 0 Å². The van der Waals surface area contributed by atoms with E-state index in [-0.39, 0.29) is 84.2 Å². The lowest BCUT2D eigenvalue weighted by molar-refractivity contribution is -0.141. The minimum absolute atomic E-state index is 0.0315. The van der Waals surface area contributed by atoms with E-state index >= 15 is 0 Å². The molecule has 8 atom stereocenters. The Labute approximate surface area is 574 Å². The van der Waals surface area contributed by atoms with Gasteiger partial charge in [0.2, 0.25) is 17.7 Å². The molecule has 0 fully saturated rings. The zero-order chi connectivity index (χ0) is 71.7. The Balaban J connectivity index is 0.788. The molecule has 1 aliphatic carbocycles. The number of carboxylic acids is 2. The Morgan fingerprint density at radius 3 is 2.19 bits per heavy atom. The summed E-state index contributed by atoms with van der Waals surface area (Å²) in [5.41, 5.74) is 24.4. The van der Waals surface area contributed by atoms with E-state index in [4.69, 9.17) is 36.3 Å². The highest BCUT2D eigenvalue weighted by Crippen LogP contribution is 2.48. The van der Waals surface area contributed by atoms with Gasteiger partial charge in [0, 0.05) is 111 Å². The van der Waals surface area contributed by atoms with Crippen LogP contribution in [0.4, 0.5) is 16.3 Å². The van der Waals surface area contributed by atoms with Crippen LogP contribution in [0, 0.1) is 19.3 Å². The molecular weight excluding hydrogens is 1320 g/mol. The first kappa shape index (κ1) is 72.5. The summed E-state index contributed by atoms with van der Waals surface area (Å²) in [5.74, 6) is -10.5. The number of ketones is 2. The minimum Gasteiger partial charge on any atom is -0.480 e. The van der Waals surface area contributed by atoms with Crippen molar-refractivity contribution in [3.63, 3.8) is 0 Å². The largest absolute Gasteiger partial charge is 0.480 e. The lowest BCUT2D eigenvalue weighted by Crippen LogP contribution is -2.54. The third-order valence-corrected chi connectivity index (χ3v) is 19.7. The first-order valence-corrected chi connectivity index (χ1v) is 33.9. The average Bonchev–Trinajstić information content (AvgIpc) is 1.56. The number of rotatable bonds is 27. The second-order valence-electron chi connectivity index (χ2n) is 23.9. The molecule has 1 aromatic carbocycles. The van der Waals surface area contributed by atoms with Gasteiger partial charge in [-0.2, -0.15) is 4.99 Å². The van der Waals surface area contributed by atoms with E-state index in [0.29, 0.717) is 78.7 Å². The van der Waals surface area contributed by atoms with Crippen LogP contribution in [0.5, 0.6) is 0 Å². The fourth-order valence-electron chi connectivity index (χ4n) is 12.2. The van der Waals surface area contributed by atoms with Crippen LogP contribution in [0.15, 0.2) is 60.2 Å². The number of fused-ring (bicyclic) bond motifs is 9. The van der Waals surface area contributed by atoms with Crippen molar-refractivity contribution in [1.82, 2.24) is 67.3 Å². The number of hydrogen-bond acceptors (Lipinski definition) is 23. The molecule has 4 aromatic heterocycles. The number of aliphatic imine (C=N–C) groups is 1. The van der Waals surface area contributed by atoms with Gasteiger partial charge >= 0.3 is 18.0 Å². The number of carbonyl (C=O) groups is 10. The van der Waals surface area contributed by atoms with Crippen molar-refractivity contribution < 1.29 is 67.6 Å². The van der Waals surface area contributed by atoms with Gasteiger partial charge in [0.05, 0.1) is 47.5 Å². The van der Waals surface area contributed by atoms with Crippen molar-refractivity contribution in [3.05, 3.63) is 123 Å². The van der Waals surface area contributed by atoms with Gasteiger partial charge in [-0.1, -0.05) is 48.9 Å². The fourth-order valence-corrected chi connectivity index (χ4v) is 14.2. The zero-order valence-corrected chi connectivity index (χ0v) is 56.6. The number of nitrogens with one attached hydrogen (secondary N) is 11. The Kier molecular flexibility index (Phi) is 23.2. The van der Waals surface area contributed by atoms with Crippen LogP contribution in [0.3, 0.4) is 0 Å². The summed E-state index contributed by atoms with van der Waals surface area (Å²) in [6.45, 7) is 14.6. The number of ether oxygens (including phenoxy) is 2. The number of guanidine groups is 2. The van der Waals surface area contributed by atoms with Gasteiger partial charge in [-0.25, -0.2) is 29.8 Å². The SMILES string of the molecule is C=C1NC(N)=Nc2ncc(CNc3ccc(C(=O)N[C@@H](CCC(=O)N[C@@H](COC)C(=O)N[C@@H](CSSCCOC(=O)NNC(=O)C4C(=O)c5c(C)c6cc7nc(cc8[nH]c(cc9nc(c4c5[nH]6)[C@@H](CCC(=O)NC(=N)N)[C@@H]9C)c(C)c8C(C)=O)[C@H](C)[C@H]7CC)C(=O)O)C(=O)O)cc3)nc21. The van der Waals surface area contributed by atoms with Gasteiger partial charge in [0.1, 0.15) is 36.3 Å². The number of carboxylic acid groups (broad SMARTS) is 2. The van der Waals surface area contributed by atoms with E-state index < -0.39 is 108 Å². The van der Waals surface area contributed by atoms with E-state index in [1.165, 1.54) is 32.4 Å². The van der Waals surface area contributed by atoms with Gasteiger partial charge < -0.3 is 67.7 Å². The smallest absolute Gasteiger partial charge is 0.426 e. The van der Waals surface area contributed by atoms with Crippen molar-refractivity contribution in [3.8, 4) is 0 Å². The maximum absolute atomic E-state index is 14.9. The number of aryl methyl sites for hydroxylation is 2. The molecule has 9 rings (SSSR count). The average molecular weight is 1400 g/mol. The predicted molar refractivity (Wildman–Crippen MR) is 368 cm³/mol. The molecule has 99 heavy (non-hydrogen) atoms. The Hall–Kier alpha value is -10.7. The highest BCUT2D eigenvalue weighted by molar-refractivity contribution is 8.76. The number of aliphatic carboxylic acids is 2. The molecule has 1 unspecified atom stereocenters. The molecule has 17 N–H and O–H groups in total. The summed E-state index contributed by atoms with van der Waals surface area (Å²) in [5, 5.41) is 43.1. The van der Waals surface area contributed by atoms with E-state index in [1.54, 1.807) is 19.1 Å². The molecule has 0 radical (unpaired) electrons. The summed E-state index contributed by atoms with van der Waals surface area (Å²) >= 11 is 0. The van der Waals surface area contributed by atoms with E-state index in [0.717, 1.165) is 39.4 Å². The Morgan fingerprint density at radius 1 is 0.818 bits per heavy atom. The van der Waals surface area contributed by atoms with E-state index in [1.807, 2.05) is 32.0 Å². The topological polar surface area (TPSA) is 497 Å². The molecule has 0 saturated heterocycles. The molecule has 5 aromatic rings. The van der Waals surface area contributed by atoms with Gasteiger partial charge in [0.15, 0.2) is 29.3 Å². The van der Waals surface area contributed by atoms with Crippen molar-refractivity contribution in [2.45, 2.75) is 128 Å². The predicted octanol–water partition coefficient (Wildman–Crippen LogP) is 4.81. The molecule has 8 bridgehead atoms. The zero-order valence-electron chi connectivity index (χ0n) is 55.0. The van der Waals surface area contributed by atoms with Crippen molar-refractivity contribution in [1.29, 1.82) is 5.41 Å². The molecule has 0 saturated carbocycles. The summed E-state index contributed by atoms with van der Waals surface area (Å²) in [7, 11) is 3.32. The fraction of sp³-hybridized carbons (Fsp3) is 0.385. The summed E-state index contributed by atoms with van der Waals surface area (Å²) in [6, 6.07) is 7.29. The number of hydrogen-bond donors (Lipinski definition) is 15. The van der Waals surface area contributed by atoms with Crippen LogP contribution in [0.2, 0.25) is 0 Å². The number of nitrogens with zero attached hydrogens (tertiary/aromatic N) is 5. The molecule has 0 spiro atoms. The number of aromatic amines is 2. The minimum atomic E-state index is -1.58. The lowest BCUT2D eigenvalue weighted by atomic mass is 9.83. The second kappa shape index (κ2) is 31.6. The number of anilines is 1. The highest BCUT2D eigenvalue weighted by Gasteiger charge is 2.45. The number of Topliss-reactive ketones (excluding diaryl/α,β-unsaturated/α-hetero) is 2. The van der Waals surface area contributed by atoms with E-state index in [2.05, 4.69) is 88.1 Å². The van der Waals surface area contributed by atoms with Crippen LogP contribution in [0.25, 0.3) is 27.8 Å². The van der Waals surface area contributed by atoms with Crippen LogP contribution in [-0.2, 0) is 44.8 Å². The number of carbonyl (C=O) groups excluding carboxylic acids is 8. The molecule has 32 nitrogen and oxygen atoms in total. The molecular formula is C65H76N18O14S2. The summed E-state index contributed by atoms with van der Waals surface area (Å²) in [6.07, 6.45) is 0.289. The number of nitrogens with two attached hydrogens (primary N) is 2. The number of aromatic nitrogens is 6. The number of benzene rings is 1. The molecule has 6 amide bonds. The number of hydrazine groups is 1. The van der Waals surface area contributed by atoms with Crippen LogP contribution >= 0.6 is 21.6 Å². The van der Waals surface area contributed by atoms with Crippen molar-refractivity contribution in [2.24, 2.45) is 16.5 Å². The van der Waals surface area contributed by atoms with Gasteiger partial charge in [-0.05, 0) is 93.6 Å². The standard InChI is InChI=1S/C65H76N18O14S2/c1-9-36-27(2)39-22-44-49(32(7)84)29(4)41(74-44)20-40-28(3)37(14-16-48(86)80-63(66)67)54(76-40)51-52(56(87)50-30(5)42(77-55(50)51)21-43(36)73-39)60(90)82-83-65(95)97-18-19-98-99-26-46(62(93)94)79-59(89)45(25-96-8)75-47(85)17-15-38(61(91)92)78-58(88)33-10-12-34(13-11-33)69-23-35-24-70-57-53(72-35)31(6)71-64(68)81-57/h10-13,20-22,24,27-28,36-38,45-46,52,69,74,77H,6,9,14-19,23,25-26H2,1-5,7-8H3,(H,75,85)(H,78,88)(H,79,89)(H,82,90)(H,83,95)(H,91,92)(H,93,94)(H4,66,67,80,86)(H3,68,70,71,81)/t27-,28+,36-,37+,38+,45+,46+,52?/m1/s1. The van der Waals surface area contributed by atoms with Crippen molar-refractivity contribution in [2.75, 3.05) is 37.1 Å². The Bertz CT molecular complexity index is 4330. The maximum Gasteiger partial charge on any atom is 0.426 e.